The standard InChI is InChI=1S/C23H18F3N5O/c24-23(25,26)18-3-1-2-16(9-18)22(32)29-19-5-4-15-6-7-31(20(15)10-19)13-14-8-17-12-28-30-21(17)27-11-14/h1-5,8-12H,6-7,13H2,(H,29,32)(H,27,28,30). The van der Waals surface area contributed by atoms with Crippen LogP contribution in [0, 0.1) is 0 Å². The number of benzene rings is 2. The fourth-order valence-corrected chi connectivity index (χ4v) is 3.92. The van der Waals surface area contributed by atoms with Crippen molar-refractivity contribution in [2.24, 2.45) is 0 Å². The molecule has 2 N–H and O–H groups in total. The van der Waals surface area contributed by atoms with Crippen molar-refractivity contribution < 1.29 is 18.0 Å². The fraction of sp³-hybridized carbons (Fsp3) is 0.174. The Balaban J connectivity index is 1.35. The number of rotatable bonds is 4. The summed E-state index contributed by atoms with van der Waals surface area (Å²) in [6, 6.07) is 12.0. The number of H-pyrrole nitrogens is 1. The molecule has 0 aliphatic carbocycles. The molecule has 0 saturated heterocycles. The third-order valence-electron chi connectivity index (χ3n) is 5.51. The lowest BCUT2D eigenvalue weighted by Gasteiger charge is -2.20. The Labute approximate surface area is 181 Å². The van der Waals surface area contributed by atoms with E-state index >= 15 is 0 Å². The Morgan fingerprint density at radius 1 is 1.12 bits per heavy atom. The number of aromatic nitrogens is 3. The van der Waals surface area contributed by atoms with Crippen LogP contribution in [-0.2, 0) is 19.1 Å². The summed E-state index contributed by atoms with van der Waals surface area (Å²) in [5.74, 6) is -0.588. The average molecular weight is 437 g/mol. The molecule has 1 aliphatic heterocycles. The molecule has 32 heavy (non-hydrogen) atoms. The first-order valence-corrected chi connectivity index (χ1v) is 10.0. The number of carbonyl (C=O) groups excluding carboxylic acids is 1. The van der Waals surface area contributed by atoms with Gasteiger partial charge in [-0.25, -0.2) is 4.98 Å². The van der Waals surface area contributed by atoms with Crippen molar-refractivity contribution in [1.82, 2.24) is 15.2 Å². The Hall–Kier alpha value is -3.88. The van der Waals surface area contributed by atoms with E-state index in [0.29, 0.717) is 12.2 Å². The Morgan fingerprint density at radius 3 is 2.84 bits per heavy atom. The summed E-state index contributed by atoms with van der Waals surface area (Å²) in [5, 5.41) is 10.5. The van der Waals surface area contributed by atoms with Crippen molar-refractivity contribution in [2.45, 2.75) is 19.1 Å². The monoisotopic (exact) mass is 437 g/mol. The number of anilines is 2. The number of alkyl halides is 3. The van der Waals surface area contributed by atoms with E-state index in [0.717, 1.165) is 52.9 Å². The zero-order chi connectivity index (χ0) is 22.3. The number of aromatic amines is 1. The van der Waals surface area contributed by atoms with E-state index in [9.17, 15) is 18.0 Å². The molecule has 9 heteroatoms. The van der Waals surface area contributed by atoms with Gasteiger partial charge in [-0.3, -0.25) is 9.89 Å². The maximum absolute atomic E-state index is 13.0. The van der Waals surface area contributed by atoms with Crippen LogP contribution in [0.3, 0.4) is 0 Å². The van der Waals surface area contributed by atoms with Gasteiger partial charge in [0.05, 0.1) is 11.8 Å². The van der Waals surface area contributed by atoms with Crippen LogP contribution in [0.25, 0.3) is 11.0 Å². The normalized spacial score (nSPS) is 13.4. The summed E-state index contributed by atoms with van der Waals surface area (Å²) in [6.45, 7) is 1.47. The first-order valence-electron chi connectivity index (χ1n) is 10.0. The molecule has 2 aromatic heterocycles. The van der Waals surface area contributed by atoms with Crippen LogP contribution in [0.5, 0.6) is 0 Å². The van der Waals surface area contributed by atoms with Crippen LogP contribution in [0.1, 0.15) is 27.0 Å². The van der Waals surface area contributed by atoms with Crippen LogP contribution < -0.4 is 10.2 Å². The molecule has 3 heterocycles. The number of hydrogen-bond acceptors (Lipinski definition) is 4. The second-order valence-electron chi connectivity index (χ2n) is 7.70. The molecule has 0 atom stereocenters. The minimum Gasteiger partial charge on any atom is -0.367 e. The van der Waals surface area contributed by atoms with Crippen molar-refractivity contribution in [3.63, 3.8) is 0 Å². The van der Waals surface area contributed by atoms with E-state index < -0.39 is 17.6 Å². The van der Waals surface area contributed by atoms with Gasteiger partial charge in [0.25, 0.3) is 5.91 Å². The lowest BCUT2D eigenvalue weighted by Crippen LogP contribution is -2.20. The number of nitrogens with zero attached hydrogens (tertiary/aromatic N) is 3. The van der Waals surface area contributed by atoms with E-state index in [1.807, 2.05) is 18.2 Å². The van der Waals surface area contributed by atoms with E-state index in [2.05, 4.69) is 25.4 Å². The highest BCUT2D eigenvalue weighted by atomic mass is 19.4. The van der Waals surface area contributed by atoms with Crippen LogP contribution in [0.2, 0.25) is 0 Å². The topological polar surface area (TPSA) is 73.9 Å². The van der Waals surface area contributed by atoms with Crippen molar-refractivity contribution in [2.75, 3.05) is 16.8 Å². The molecule has 0 fully saturated rings. The van der Waals surface area contributed by atoms with Gasteiger partial charge >= 0.3 is 6.18 Å². The quantitative estimate of drug-likeness (QED) is 0.481. The number of pyridine rings is 1. The summed E-state index contributed by atoms with van der Waals surface area (Å²) in [6.07, 6.45) is -0.0970. The van der Waals surface area contributed by atoms with Gasteiger partial charge < -0.3 is 10.2 Å². The number of carbonyl (C=O) groups is 1. The molecule has 0 unspecified atom stereocenters. The predicted molar refractivity (Wildman–Crippen MR) is 114 cm³/mol. The van der Waals surface area contributed by atoms with Crippen LogP contribution in [-0.4, -0.2) is 27.6 Å². The molecule has 0 bridgehead atoms. The summed E-state index contributed by atoms with van der Waals surface area (Å²) in [5.41, 5.74) is 3.53. The SMILES string of the molecule is O=C(Nc1ccc2c(c1)N(Cc1cnc3[nH]ncc3c1)CC2)c1cccc(C(F)(F)F)c1. The lowest BCUT2D eigenvalue weighted by atomic mass is 10.1. The van der Waals surface area contributed by atoms with Crippen LogP contribution >= 0.6 is 0 Å². The number of fused-ring (bicyclic) bond motifs is 2. The first kappa shape index (κ1) is 20.0. The molecule has 0 radical (unpaired) electrons. The highest BCUT2D eigenvalue weighted by molar-refractivity contribution is 6.04. The van der Waals surface area contributed by atoms with Gasteiger partial charge in [0, 0.05) is 41.6 Å². The molecule has 1 aliphatic rings. The summed E-state index contributed by atoms with van der Waals surface area (Å²) in [7, 11) is 0. The maximum atomic E-state index is 13.0. The van der Waals surface area contributed by atoms with Crippen LogP contribution in [0.4, 0.5) is 24.5 Å². The van der Waals surface area contributed by atoms with Gasteiger partial charge in [-0.15, -0.1) is 0 Å². The number of hydrogen-bond donors (Lipinski definition) is 2. The molecule has 0 spiro atoms. The second-order valence-corrected chi connectivity index (χ2v) is 7.70. The summed E-state index contributed by atoms with van der Waals surface area (Å²) >= 11 is 0. The summed E-state index contributed by atoms with van der Waals surface area (Å²) < 4.78 is 38.9. The minimum atomic E-state index is -4.50. The number of amides is 1. The molecule has 6 nitrogen and oxygen atoms in total. The fourth-order valence-electron chi connectivity index (χ4n) is 3.92. The van der Waals surface area contributed by atoms with Gasteiger partial charge in [-0.1, -0.05) is 12.1 Å². The zero-order valence-electron chi connectivity index (χ0n) is 16.8. The summed E-state index contributed by atoms with van der Waals surface area (Å²) in [4.78, 5) is 19.1. The van der Waals surface area contributed by atoms with Gasteiger partial charge in [-0.05, 0) is 53.9 Å². The maximum Gasteiger partial charge on any atom is 0.416 e. The highest BCUT2D eigenvalue weighted by Crippen LogP contribution is 2.33. The van der Waals surface area contributed by atoms with Crippen molar-refractivity contribution >= 4 is 28.3 Å². The largest absolute Gasteiger partial charge is 0.416 e. The molecule has 5 rings (SSSR count). The van der Waals surface area contributed by atoms with Gasteiger partial charge in [0.1, 0.15) is 0 Å². The third-order valence-corrected chi connectivity index (χ3v) is 5.51. The smallest absolute Gasteiger partial charge is 0.367 e. The molecule has 4 aromatic rings. The average Bonchev–Trinajstić information content (AvgIpc) is 3.40. The van der Waals surface area contributed by atoms with Crippen molar-refractivity contribution in [1.29, 1.82) is 0 Å². The number of nitrogens with one attached hydrogen (secondary N) is 2. The highest BCUT2D eigenvalue weighted by Gasteiger charge is 2.31. The van der Waals surface area contributed by atoms with Gasteiger partial charge in [0.2, 0.25) is 0 Å². The molecule has 2 aromatic carbocycles. The first-order chi connectivity index (χ1) is 15.4. The Bertz CT molecular complexity index is 1310. The Kier molecular flexibility index (Phi) is 4.80. The van der Waals surface area contributed by atoms with Gasteiger partial charge in [0.15, 0.2) is 5.65 Å². The van der Waals surface area contributed by atoms with Crippen LogP contribution in [0.15, 0.2) is 60.9 Å². The lowest BCUT2D eigenvalue weighted by molar-refractivity contribution is -0.137. The van der Waals surface area contributed by atoms with E-state index in [-0.39, 0.29) is 5.56 Å². The zero-order valence-corrected chi connectivity index (χ0v) is 16.8. The molecular weight excluding hydrogens is 419 g/mol. The van der Waals surface area contributed by atoms with Gasteiger partial charge in [-0.2, -0.15) is 18.3 Å². The molecule has 0 saturated carbocycles. The third kappa shape index (κ3) is 3.89. The second kappa shape index (κ2) is 7.67. The molecular formula is C23H18F3N5O. The molecule has 1 amide bonds. The number of halogens is 3. The Morgan fingerprint density at radius 2 is 2.00 bits per heavy atom. The van der Waals surface area contributed by atoms with E-state index in [1.54, 1.807) is 18.5 Å². The molecule has 162 valence electrons. The van der Waals surface area contributed by atoms with Crippen molar-refractivity contribution in [3.8, 4) is 0 Å². The van der Waals surface area contributed by atoms with E-state index in [1.165, 1.54) is 12.1 Å². The minimum absolute atomic E-state index is 0.0448. The van der Waals surface area contributed by atoms with E-state index in [4.69, 9.17) is 0 Å². The predicted octanol–water partition coefficient (Wildman–Crippen LogP) is 4.79. The van der Waals surface area contributed by atoms with Crippen molar-refractivity contribution in [3.05, 3.63) is 83.2 Å².